The molecule has 0 spiro atoms. The Morgan fingerprint density at radius 1 is 1.04 bits per heavy atom. The number of nitrogen functional groups attached to an aromatic ring is 1. The molecule has 4 rings (SSSR count). The minimum Gasteiger partial charge on any atom is -0.399 e. The van der Waals surface area contributed by atoms with Gasteiger partial charge in [0.25, 0.3) is 0 Å². The van der Waals surface area contributed by atoms with Crippen molar-refractivity contribution in [2.75, 3.05) is 16.0 Å². The van der Waals surface area contributed by atoms with Crippen LogP contribution in [0.4, 0.5) is 22.9 Å². The van der Waals surface area contributed by atoms with Crippen LogP contribution in [0.1, 0.15) is 11.1 Å². The van der Waals surface area contributed by atoms with Gasteiger partial charge >= 0.3 is 0 Å². The monoisotopic (exact) mass is 328 g/mol. The number of anilines is 4. The zero-order valence-corrected chi connectivity index (χ0v) is 13.3. The van der Waals surface area contributed by atoms with Crippen LogP contribution in [0, 0.1) is 10.8 Å². The summed E-state index contributed by atoms with van der Waals surface area (Å²) in [5.74, 6) is 0.984. The van der Waals surface area contributed by atoms with Gasteiger partial charge in [0, 0.05) is 23.0 Å². The van der Waals surface area contributed by atoms with E-state index in [9.17, 15) is 0 Å². The van der Waals surface area contributed by atoms with Crippen LogP contribution in [0.3, 0.4) is 0 Å². The van der Waals surface area contributed by atoms with E-state index < -0.39 is 0 Å². The largest absolute Gasteiger partial charge is 0.399 e. The molecule has 25 heavy (non-hydrogen) atoms. The van der Waals surface area contributed by atoms with Gasteiger partial charge in [-0.2, -0.15) is 0 Å². The SMILES string of the molecule is N=C(c1cccc(N)c1)N1C(=N)c2ccccc2Nc2ncccc21. The first-order valence-corrected chi connectivity index (χ1v) is 7.80. The number of benzene rings is 2. The van der Waals surface area contributed by atoms with Crippen molar-refractivity contribution in [3.63, 3.8) is 0 Å². The molecule has 0 saturated carbocycles. The lowest BCUT2D eigenvalue weighted by Gasteiger charge is -2.25. The maximum atomic E-state index is 8.72. The Morgan fingerprint density at radius 2 is 1.88 bits per heavy atom. The second kappa shape index (κ2) is 5.76. The van der Waals surface area contributed by atoms with Gasteiger partial charge in [0.2, 0.25) is 0 Å². The van der Waals surface area contributed by atoms with Crippen LogP contribution < -0.4 is 16.0 Å². The second-order valence-electron chi connectivity index (χ2n) is 5.70. The van der Waals surface area contributed by atoms with Gasteiger partial charge in [-0.25, -0.2) is 4.98 Å². The van der Waals surface area contributed by atoms with Crippen LogP contribution in [0.25, 0.3) is 0 Å². The average Bonchev–Trinajstić information content (AvgIpc) is 2.75. The van der Waals surface area contributed by atoms with Gasteiger partial charge in [-0.15, -0.1) is 0 Å². The number of amidine groups is 2. The second-order valence-corrected chi connectivity index (χ2v) is 5.70. The molecule has 5 N–H and O–H groups in total. The highest BCUT2D eigenvalue weighted by Gasteiger charge is 2.28. The topological polar surface area (TPSA) is 102 Å². The normalized spacial score (nSPS) is 12.6. The van der Waals surface area contributed by atoms with Crippen molar-refractivity contribution in [1.82, 2.24) is 4.98 Å². The molecule has 6 heteroatoms. The van der Waals surface area contributed by atoms with Crippen LogP contribution in [-0.2, 0) is 0 Å². The minimum atomic E-state index is 0.171. The molecule has 0 bridgehead atoms. The Bertz CT molecular complexity index is 994. The standard InChI is InChI=1S/C19H16N6/c20-13-6-3-5-12(11-13)17(21)25-16-9-4-10-23-19(16)24-15-8-2-1-7-14(15)18(25)22/h1-11,21-22H,20H2,(H,23,24). The molecule has 0 aliphatic carbocycles. The van der Waals surface area contributed by atoms with E-state index in [2.05, 4.69) is 10.3 Å². The zero-order valence-electron chi connectivity index (χ0n) is 13.3. The molecule has 1 aliphatic heterocycles. The summed E-state index contributed by atoms with van der Waals surface area (Å²) in [6, 6.07) is 18.3. The van der Waals surface area contributed by atoms with Gasteiger partial charge in [0.1, 0.15) is 11.7 Å². The van der Waals surface area contributed by atoms with Crippen molar-refractivity contribution in [1.29, 1.82) is 10.8 Å². The van der Waals surface area contributed by atoms with Crippen LogP contribution in [0.5, 0.6) is 0 Å². The van der Waals surface area contributed by atoms with Gasteiger partial charge in [-0.1, -0.05) is 24.3 Å². The molecule has 0 radical (unpaired) electrons. The molecule has 1 aromatic heterocycles. The number of nitrogens with one attached hydrogen (secondary N) is 3. The summed E-state index contributed by atoms with van der Waals surface area (Å²) in [6.07, 6.45) is 1.69. The van der Waals surface area contributed by atoms with E-state index in [-0.39, 0.29) is 11.7 Å². The number of hydrogen-bond donors (Lipinski definition) is 4. The third-order valence-electron chi connectivity index (χ3n) is 4.07. The number of para-hydroxylation sites is 1. The Labute approximate surface area is 145 Å². The fraction of sp³-hybridized carbons (Fsp3) is 0. The first kappa shape index (κ1) is 14.9. The maximum Gasteiger partial charge on any atom is 0.154 e. The van der Waals surface area contributed by atoms with Crippen molar-refractivity contribution in [3.8, 4) is 0 Å². The number of nitrogens with zero attached hydrogens (tertiary/aromatic N) is 2. The summed E-state index contributed by atoms with van der Waals surface area (Å²) >= 11 is 0. The lowest BCUT2D eigenvalue weighted by atomic mass is 10.1. The van der Waals surface area contributed by atoms with Crippen molar-refractivity contribution in [2.24, 2.45) is 0 Å². The molecule has 2 heterocycles. The molecule has 1 aliphatic rings. The molecule has 0 amide bonds. The van der Waals surface area contributed by atoms with Crippen LogP contribution >= 0.6 is 0 Å². The first-order valence-electron chi connectivity index (χ1n) is 7.80. The number of nitrogens with two attached hydrogens (primary N) is 1. The Hall–Kier alpha value is -3.67. The van der Waals surface area contributed by atoms with Crippen LogP contribution in [-0.4, -0.2) is 16.7 Å². The molecular weight excluding hydrogens is 312 g/mol. The van der Waals surface area contributed by atoms with Gasteiger partial charge < -0.3 is 11.1 Å². The number of pyridine rings is 1. The minimum absolute atomic E-state index is 0.171. The number of hydrogen-bond acceptors (Lipinski definition) is 5. The molecule has 0 atom stereocenters. The van der Waals surface area contributed by atoms with Gasteiger partial charge in [0.05, 0.1) is 11.4 Å². The summed E-state index contributed by atoms with van der Waals surface area (Å²) in [5.41, 5.74) is 9.22. The van der Waals surface area contributed by atoms with Crippen molar-refractivity contribution in [3.05, 3.63) is 78.0 Å². The smallest absolute Gasteiger partial charge is 0.154 e. The van der Waals surface area contributed by atoms with Gasteiger partial charge in [-0.05, 0) is 36.4 Å². The summed E-state index contributed by atoms with van der Waals surface area (Å²) in [7, 11) is 0. The van der Waals surface area contributed by atoms with E-state index >= 15 is 0 Å². The van der Waals surface area contributed by atoms with Crippen LogP contribution in [0.15, 0.2) is 66.9 Å². The van der Waals surface area contributed by atoms with E-state index in [4.69, 9.17) is 16.6 Å². The van der Waals surface area contributed by atoms with E-state index in [1.165, 1.54) is 0 Å². The first-order chi connectivity index (χ1) is 12.1. The van der Waals surface area contributed by atoms with E-state index in [0.717, 1.165) is 5.69 Å². The molecule has 6 nitrogen and oxygen atoms in total. The molecular formula is C19H16N6. The highest BCUT2D eigenvalue weighted by Crippen LogP contribution is 2.34. The third-order valence-corrected chi connectivity index (χ3v) is 4.07. The molecule has 122 valence electrons. The summed E-state index contributed by atoms with van der Waals surface area (Å²) in [6.45, 7) is 0. The fourth-order valence-corrected chi connectivity index (χ4v) is 2.89. The maximum absolute atomic E-state index is 8.72. The zero-order chi connectivity index (χ0) is 17.4. The molecule has 0 unspecified atom stereocenters. The summed E-state index contributed by atoms with van der Waals surface area (Å²) < 4.78 is 0. The predicted octanol–water partition coefficient (Wildman–Crippen LogP) is 3.58. The number of aromatic nitrogens is 1. The number of rotatable bonds is 1. The van der Waals surface area contributed by atoms with Gasteiger partial charge in [-0.3, -0.25) is 15.7 Å². The Balaban J connectivity index is 1.91. The van der Waals surface area contributed by atoms with Crippen molar-refractivity contribution < 1.29 is 0 Å². The highest BCUT2D eigenvalue weighted by atomic mass is 15.2. The molecule has 3 aromatic rings. The lowest BCUT2D eigenvalue weighted by Crippen LogP contribution is -2.36. The highest BCUT2D eigenvalue weighted by molar-refractivity contribution is 6.30. The van der Waals surface area contributed by atoms with Gasteiger partial charge in [0.15, 0.2) is 5.82 Å². The fourth-order valence-electron chi connectivity index (χ4n) is 2.89. The molecule has 0 fully saturated rings. The van der Waals surface area contributed by atoms with E-state index in [0.29, 0.717) is 28.3 Å². The number of fused-ring (bicyclic) bond motifs is 2. The quantitative estimate of drug-likeness (QED) is 0.311. The van der Waals surface area contributed by atoms with Crippen molar-refractivity contribution in [2.45, 2.75) is 0 Å². The average molecular weight is 328 g/mol. The van der Waals surface area contributed by atoms with Crippen molar-refractivity contribution >= 4 is 34.6 Å². The van der Waals surface area contributed by atoms with E-state index in [1.807, 2.05) is 36.4 Å². The van der Waals surface area contributed by atoms with Crippen LogP contribution in [0.2, 0.25) is 0 Å². The molecule has 2 aromatic carbocycles. The molecule has 0 saturated heterocycles. The third kappa shape index (κ3) is 2.49. The van der Waals surface area contributed by atoms with E-state index in [1.54, 1.807) is 35.4 Å². The Kier molecular flexibility index (Phi) is 3.43. The summed E-state index contributed by atoms with van der Waals surface area (Å²) in [5, 5.41) is 20.7. The predicted molar refractivity (Wildman–Crippen MR) is 101 cm³/mol. The summed E-state index contributed by atoms with van der Waals surface area (Å²) in [4.78, 5) is 5.96. The Morgan fingerprint density at radius 3 is 2.72 bits per heavy atom. The lowest BCUT2D eigenvalue weighted by molar-refractivity contribution is 1.26.